The number of nitrogens with one attached hydrogen (secondary N) is 2. The summed E-state index contributed by atoms with van der Waals surface area (Å²) in [5.74, 6) is -0.293. The van der Waals surface area contributed by atoms with Crippen LogP contribution in [0, 0.1) is 11.7 Å². The van der Waals surface area contributed by atoms with Crippen molar-refractivity contribution in [3.63, 3.8) is 0 Å². The second kappa shape index (κ2) is 7.76. The summed E-state index contributed by atoms with van der Waals surface area (Å²) in [7, 11) is 0. The summed E-state index contributed by atoms with van der Waals surface area (Å²) < 4.78 is 18.6. The number of ether oxygens (including phenoxy) is 1. The molecule has 1 aromatic carbocycles. The zero-order valence-corrected chi connectivity index (χ0v) is 13.1. The number of benzene rings is 1. The number of rotatable bonds is 5. The number of amides is 2. The Kier molecular flexibility index (Phi) is 5.99. The minimum Gasteiger partial charge on any atom is -0.387 e. The molecule has 0 saturated carbocycles. The van der Waals surface area contributed by atoms with Crippen molar-refractivity contribution in [2.75, 3.05) is 19.8 Å². The summed E-state index contributed by atoms with van der Waals surface area (Å²) in [6.07, 6.45) is -0.0728. The molecular formula is C15H20ClFN2O3. The van der Waals surface area contributed by atoms with Crippen LogP contribution in [0.15, 0.2) is 18.2 Å². The summed E-state index contributed by atoms with van der Waals surface area (Å²) in [5.41, 5.74) is 0.361. The van der Waals surface area contributed by atoms with Crippen molar-refractivity contribution in [2.24, 2.45) is 5.92 Å². The van der Waals surface area contributed by atoms with Gasteiger partial charge in [-0.15, -0.1) is 0 Å². The first kappa shape index (κ1) is 17.0. The van der Waals surface area contributed by atoms with E-state index in [-0.39, 0.29) is 23.6 Å². The van der Waals surface area contributed by atoms with Gasteiger partial charge in [-0.3, -0.25) is 0 Å². The third-order valence-electron chi connectivity index (χ3n) is 3.82. The Balaban J connectivity index is 1.78. The van der Waals surface area contributed by atoms with Gasteiger partial charge in [-0.1, -0.05) is 17.7 Å². The predicted octanol–water partition coefficient (Wildman–Crippen LogP) is 2.24. The number of halogens is 2. The van der Waals surface area contributed by atoms with Crippen LogP contribution >= 0.6 is 11.6 Å². The number of urea groups is 1. The van der Waals surface area contributed by atoms with Crippen LogP contribution < -0.4 is 10.6 Å². The van der Waals surface area contributed by atoms with Crippen LogP contribution in [-0.2, 0) is 4.74 Å². The molecule has 0 aromatic heterocycles. The van der Waals surface area contributed by atoms with E-state index in [2.05, 4.69) is 10.6 Å². The van der Waals surface area contributed by atoms with E-state index in [1.54, 1.807) is 0 Å². The number of carbonyl (C=O) groups excluding carboxylic acids is 1. The van der Waals surface area contributed by atoms with Gasteiger partial charge in [0.05, 0.1) is 17.7 Å². The quantitative estimate of drug-likeness (QED) is 0.775. The van der Waals surface area contributed by atoms with Gasteiger partial charge in [-0.05, 0) is 31.0 Å². The molecule has 1 aliphatic heterocycles. The first-order valence-corrected chi connectivity index (χ1v) is 7.60. The summed E-state index contributed by atoms with van der Waals surface area (Å²) in [6.45, 7) is 3.28. The maximum Gasteiger partial charge on any atom is 0.315 e. The summed E-state index contributed by atoms with van der Waals surface area (Å²) in [6, 6.07) is 3.68. The van der Waals surface area contributed by atoms with E-state index in [0.717, 1.165) is 19.1 Å². The highest BCUT2D eigenvalue weighted by atomic mass is 35.5. The molecule has 1 fully saturated rings. The molecule has 1 aliphatic rings. The van der Waals surface area contributed by atoms with Gasteiger partial charge in [0.15, 0.2) is 0 Å². The summed E-state index contributed by atoms with van der Waals surface area (Å²) >= 11 is 5.59. The Morgan fingerprint density at radius 1 is 1.59 bits per heavy atom. The van der Waals surface area contributed by atoms with E-state index in [1.165, 1.54) is 12.1 Å². The van der Waals surface area contributed by atoms with Crippen LogP contribution in [0.5, 0.6) is 0 Å². The van der Waals surface area contributed by atoms with Crippen molar-refractivity contribution in [1.29, 1.82) is 0 Å². The zero-order valence-electron chi connectivity index (χ0n) is 12.3. The highest BCUT2D eigenvalue weighted by Gasteiger charge is 2.23. The van der Waals surface area contributed by atoms with Crippen LogP contribution in [0.4, 0.5) is 9.18 Å². The maximum atomic E-state index is 13.3. The topological polar surface area (TPSA) is 70.6 Å². The van der Waals surface area contributed by atoms with E-state index in [9.17, 15) is 14.3 Å². The SMILES string of the molecule is C[C@H](NC(=O)NC[C@@H](O)c1ccc(Cl)c(F)c1)[C@H]1CCOC1. The van der Waals surface area contributed by atoms with Gasteiger partial charge in [0.1, 0.15) is 5.82 Å². The van der Waals surface area contributed by atoms with E-state index < -0.39 is 11.9 Å². The Morgan fingerprint density at radius 3 is 3.00 bits per heavy atom. The molecule has 1 heterocycles. The normalized spacial score (nSPS) is 20.5. The van der Waals surface area contributed by atoms with Crippen molar-refractivity contribution in [2.45, 2.75) is 25.5 Å². The number of aliphatic hydroxyl groups is 1. The van der Waals surface area contributed by atoms with Crippen LogP contribution in [0.1, 0.15) is 25.0 Å². The zero-order chi connectivity index (χ0) is 16.1. The lowest BCUT2D eigenvalue weighted by molar-refractivity contribution is 0.168. The van der Waals surface area contributed by atoms with Crippen LogP contribution in [0.3, 0.4) is 0 Å². The second-order valence-electron chi connectivity index (χ2n) is 5.46. The molecule has 0 bridgehead atoms. The molecular weight excluding hydrogens is 311 g/mol. The lowest BCUT2D eigenvalue weighted by atomic mass is 10.0. The molecule has 7 heteroatoms. The van der Waals surface area contributed by atoms with E-state index in [1.807, 2.05) is 6.92 Å². The molecule has 0 spiro atoms. The predicted molar refractivity (Wildman–Crippen MR) is 81.3 cm³/mol. The average molecular weight is 331 g/mol. The minimum atomic E-state index is -0.998. The fraction of sp³-hybridized carbons (Fsp3) is 0.533. The molecule has 2 rings (SSSR count). The van der Waals surface area contributed by atoms with Gasteiger partial charge < -0.3 is 20.5 Å². The van der Waals surface area contributed by atoms with Gasteiger partial charge >= 0.3 is 6.03 Å². The number of hydrogen-bond acceptors (Lipinski definition) is 3. The molecule has 1 saturated heterocycles. The minimum absolute atomic E-state index is 0.00532. The smallest absolute Gasteiger partial charge is 0.315 e. The lowest BCUT2D eigenvalue weighted by Gasteiger charge is -2.20. The van der Waals surface area contributed by atoms with Gasteiger partial charge in [-0.25, -0.2) is 9.18 Å². The molecule has 3 N–H and O–H groups in total. The number of aliphatic hydroxyl groups excluding tert-OH is 1. The second-order valence-corrected chi connectivity index (χ2v) is 5.86. The van der Waals surface area contributed by atoms with E-state index in [0.29, 0.717) is 18.1 Å². The third kappa shape index (κ3) is 4.56. The lowest BCUT2D eigenvalue weighted by Crippen LogP contribution is -2.45. The van der Waals surface area contributed by atoms with Crippen molar-refractivity contribution in [3.05, 3.63) is 34.6 Å². The van der Waals surface area contributed by atoms with Crippen LogP contribution in [0.25, 0.3) is 0 Å². The molecule has 0 radical (unpaired) electrons. The Morgan fingerprint density at radius 2 is 2.36 bits per heavy atom. The van der Waals surface area contributed by atoms with Crippen molar-refractivity contribution in [1.82, 2.24) is 10.6 Å². The van der Waals surface area contributed by atoms with E-state index >= 15 is 0 Å². The monoisotopic (exact) mass is 330 g/mol. The van der Waals surface area contributed by atoms with Gasteiger partial charge in [0, 0.05) is 25.1 Å². The van der Waals surface area contributed by atoms with Crippen molar-refractivity contribution >= 4 is 17.6 Å². The standard InChI is InChI=1S/C15H20ClFN2O3/c1-9(11-4-5-22-8-11)19-15(21)18-7-14(20)10-2-3-12(16)13(17)6-10/h2-3,6,9,11,14,20H,4-5,7-8H2,1H3,(H2,18,19,21)/t9-,11-,14+/m0/s1. The van der Waals surface area contributed by atoms with Crippen molar-refractivity contribution < 1.29 is 19.0 Å². The molecule has 0 unspecified atom stereocenters. The number of carbonyl (C=O) groups is 1. The molecule has 2 amide bonds. The molecule has 122 valence electrons. The Bertz CT molecular complexity index is 524. The maximum absolute atomic E-state index is 13.3. The van der Waals surface area contributed by atoms with Gasteiger partial charge in [0.2, 0.25) is 0 Å². The molecule has 0 aliphatic carbocycles. The largest absolute Gasteiger partial charge is 0.387 e. The highest BCUT2D eigenvalue weighted by Crippen LogP contribution is 2.20. The van der Waals surface area contributed by atoms with Crippen LogP contribution in [0.2, 0.25) is 5.02 Å². The first-order chi connectivity index (χ1) is 10.5. The summed E-state index contributed by atoms with van der Waals surface area (Å²) in [5, 5.41) is 15.3. The first-order valence-electron chi connectivity index (χ1n) is 7.22. The summed E-state index contributed by atoms with van der Waals surface area (Å²) in [4.78, 5) is 11.8. The van der Waals surface area contributed by atoms with E-state index in [4.69, 9.17) is 16.3 Å². The third-order valence-corrected chi connectivity index (χ3v) is 4.12. The van der Waals surface area contributed by atoms with Crippen LogP contribution in [-0.4, -0.2) is 36.9 Å². The van der Waals surface area contributed by atoms with Gasteiger partial charge in [-0.2, -0.15) is 0 Å². The molecule has 22 heavy (non-hydrogen) atoms. The Hall–Kier alpha value is -1.37. The van der Waals surface area contributed by atoms with Gasteiger partial charge in [0.25, 0.3) is 0 Å². The fourth-order valence-electron chi connectivity index (χ4n) is 2.35. The fourth-order valence-corrected chi connectivity index (χ4v) is 2.47. The average Bonchev–Trinajstić information content (AvgIpc) is 3.02. The molecule has 1 aromatic rings. The highest BCUT2D eigenvalue weighted by molar-refractivity contribution is 6.30. The number of hydrogen-bond donors (Lipinski definition) is 3. The Labute approximate surface area is 133 Å². The molecule has 3 atom stereocenters. The van der Waals surface area contributed by atoms with Crippen molar-refractivity contribution in [3.8, 4) is 0 Å². The molecule has 5 nitrogen and oxygen atoms in total.